The molecule has 1 aromatic rings. The molecule has 1 aromatic carbocycles. The molecule has 3 saturated heterocycles. The molecule has 0 radical (unpaired) electrons. The van der Waals surface area contributed by atoms with E-state index in [2.05, 4.69) is 5.32 Å². The molecule has 0 aromatic heterocycles. The van der Waals surface area contributed by atoms with Gasteiger partial charge < -0.3 is 19.3 Å². The molecule has 0 saturated carbocycles. The van der Waals surface area contributed by atoms with Crippen LogP contribution in [0.4, 0.5) is 19.3 Å². The van der Waals surface area contributed by atoms with E-state index < -0.39 is 29.4 Å². The SMILES string of the molecule is CC.CCOC(=O)N1CCC(OC2CCN(c3cc(F)c(C4CCC(=O)NC4=O)c(F)c3)CC2)CC1. The number of halogens is 2. The summed E-state index contributed by atoms with van der Waals surface area (Å²) >= 11 is 0. The molecule has 200 valence electrons. The first-order valence-electron chi connectivity index (χ1n) is 13.0. The lowest BCUT2D eigenvalue weighted by Gasteiger charge is -2.37. The fraction of sp³-hybridized carbons (Fsp3) is 0.654. The topological polar surface area (TPSA) is 88.2 Å². The quantitative estimate of drug-likeness (QED) is 0.601. The monoisotopic (exact) mass is 509 g/mol. The maximum atomic E-state index is 14.9. The van der Waals surface area contributed by atoms with E-state index in [9.17, 15) is 23.2 Å². The number of carbonyl (C=O) groups excluding carboxylic acids is 3. The number of hydrogen-bond donors (Lipinski definition) is 1. The average molecular weight is 510 g/mol. The van der Waals surface area contributed by atoms with Crippen molar-refractivity contribution in [1.82, 2.24) is 10.2 Å². The molecule has 3 fully saturated rings. The Balaban J connectivity index is 0.00000176. The van der Waals surface area contributed by atoms with Crippen LogP contribution in [-0.2, 0) is 19.1 Å². The van der Waals surface area contributed by atoms with E-state index in [4.69, 9.17) is 9.47 Å². The summed E-state index contributed by atoms with van der Waals surface area (Å²) in [5.41, 5.74) is 0.161. The van der Waals surface area contributed by atoms with Crippen LogP contribution in [0.15, 0.2) is 12.1 Å². The highest BCUT2D eigenvalue weighted by molar-refractivity contribution is 6.01. The molecule has 3 aliphatic rings. The predicted octanol–water partition coefficient (Wildman–Crippen LogP) is 4.12. The minimum atomic E-state index is -0.999. The number of rotatable bonds is 5. The lowest BCUT2D eigenvalue weighted by atomic mass is 9.89. The fourth-order valence-corrected chi connectivity index (χ4v) is 4.97. The third-order valence-electron chi connectivity index (χ3n) is 6.81. The van der Waals surface area contributed by atoms with Gasteiger partial charge in [0.25, 0.3) is 0 Å². The van der Waals surface area contributed by atoms with Gasteiger partial charge >= 0.3 is 6.09 Å². The van der Waals surface area contributed by atoms with Crippen molar-refractivity contribution in [2.75, 3.05) is 37.7 Å². The average Bonchev–Trinajstić information content (AvgIpc) is 2.87. The van der Waals surface area contributed by atoms with Crippen LogP contribution in [0.5, 0.6) is 0 Å². The second-order valence-electron chi connectivity index (χ2n) is 9.03. The first kappa shape index (κ1) is 27.8. The Bertz CT molecular complexity index is 905. The molecule has 3 amide bonds. The largest absolute Gasteiger partial charge is 0.450 e. The number of ether oxygens (including phenoxy) is 2. The van der Waals surface area contributed by atoms with Gasteiger partial charge in [0.1, 0.15) is 11.6 Å². The minimum absolute atomic E-state index is 0.0619. The number of carbonyl (C=O) groups is 3. The van der Waals surface area contributed by atoms with Crippen molar-refractivity contribution >= 4 is 23.6 Å². The molecule has 1 unspecified atom stereocenters. The zero-order valence-electron chi connectivity index (χ0n) is 21.4. The predicted molar refractivity (Wildman–Crippen MR) is 131 cm³/mol. The van der Waals surface area contributed by atoms with Crippen LogP contribution in [0, 0.1) is 11.6 Å². The first-order chi connectivity index (χ1) is 17.4. The van der Waals surface area contributed by atoms with Gasteiger partial charge in [-0.1, -0.05) is 13.8 Å². The van der Waals surface area contributed by atoms with E-state index in [1.54, 1.807) is 11.8 Å². The van der Waals surface area contributed by atoms with E-state index in [-0.39, 0.29) is 36.7 Å². The van der Waals surface area contributed by atoms with Gasteiger partial charge in [0.2, 0.25) is 11.8 Å². The van der Waals surface area contributed by atoms with Gasteiger partial charge in [-0.25, -0.2) is 13.6 Å². The molecule has 36 heavy (non-hydrogen) atoms. The number of likely N-dealkylation sites (tertiary alicyclic amines) is 1. The summed E-state index contributed by atoms with van der Waals surface area (Å²) in [6, 6.07) is 2.54. The summed E-state index contributed by atoms with van der Waals surface area (Å²) < 4.78 is 41.0. The maximum Gasteiger partial charge on any atom is 0.409 e. The van der Waals surface area contributed by atoms with Gasteiger partial charge in [-0.15, -0.1) is 0 Å². The third kappa shape index (κ3) is 6.72. The smallest absolute Gasteiger partial charge is 0.409 e. The van der Waals surface area contributed by atoms with E-state index in [0.29, 0.717) is 38.5 Å². The number of benzene rings is 1. The Morgan fingerprint density at radius 2 is 1.53 bits per heavy atom. The van der Waals surface area contributed by atoms with Gasteiger partial charge in [0.15, 0.2) is 0 Å². The summed E-state index contributed by atoms with van der Waals surface area (Å²) in [6.07, 6.45) is 3.02. The Hall–Kier alpha value is -2.75. The number of nitrogens with zero attached hydrogens (tertiary/aromatic N) is 2. The highest BCUT2D eigenvalue weighted by Gasteiger charge is 2.33. The molecule has 1 atom stereocenters. The molecule has 1 N–H and O–H groups in total. The number of nitrogens with one attached hydrogen (secondary N) is 1. The van der Waals surface area contributed by atoms with E-state index in [0.717, 1.165) is 25.7 Å². The molecule has 10 heteroatoms. The van der Waals surface area contributed by atoms with Gasteiger partial charge in [-0.3, -0.25) is 14.9 Å². The summed E-state index contributed by atoms with van der Waals surface area (Å²) in [5.74, 6) is -3.62. The van der Waals surface area contributed by atoms with Crippen LogP contribution >= 0.6 is 0 Å². The van der Waals surface area contributed by atoms with Crippen LogP contribution in [0.1, 0.15) is 70.8 Å². The van der Waals surface area contributed by atoms with E-state index in [1.165, 1.54) is 12.1 Å². The Kier molecular flexibility index (Phi) is 10.0. The number of amides is 3. The number of anilines is 1. The zero-order valence-corrected chi connectivity index (χ0v) is 21.4. The van der Waals surface area contributed by atoms with Crippen molar-refractivity contribution in [2.45, 2.75) is 77.4 Å². The van der Waals surface area contributed by atoms with E-state index in [1.807, 2.05) is 18.7 Å². The lowest BCUT2D eigenvalue weighted by molar-refractivity contribution is -0.134. The van der Waals surface area contributed by atoms with E-state index >= 15 is 0 Å². The lowest BCUT2D eigenvalue weighted by Crippen LogP contribution is -2.44. The molecule has 0 spiro atoms. The number of piperidine rings is 3. The number of imide groups is 1. The van der Waals surface area contributed by atoms with Gasteiger partial charge in [0.05, 0.1) is 24.7 Å². The van der Waals surface area contributed by atoms with Crippen molar-refractivity contribution in [3.63, 3.8) is 0 Å². The van der Waals surface area contributed by atoms with Crippen molar-refractivity contribution in [3.8, 4) is 0 Å². The molecule has 0 aliphatic carbocycles. The van der Waals surface area contributed by atoms with Crippen LogP contribution < -0.4 is 10.2 Å². The first-order valence-corrected chi connectivity index (χ1v) is 13.0. The number of hydrogen-bond acceptors (Lipinski definition) is 6. The summed E-state index contributed by atoms with van der Waals surface area (Å²) in [7, 11) is 0. The van der Waals surface area contributed by atoms with Crippen molar-refractivity contribution < 1.29 is 32.6 Å². The molecule has 0 bridgehead atoms. The maximum absolute atomic E-state index is 14.9. The van der Waals surface area contributed by atoms with Crippen LogP contribution in [-0.4, -0.2) is 67.8 Å². The Morgan fingerprint density at radius 1 is 0.972 bits per heavy atom. The molecular formula is C26H37F2N3O5. The standard InChI is InChI=1S/C24H31F2N3O5.C2H6/c1-2-33-24(32)29-11-7-17(8-12-29)34-16-5-9-28(10-6-16)15-13-19(25)22(20(26)14-15)18-3-4-21(30)27-23(18)31;1-2/h13-14,16-18H,2-12H2,1H3,(H,27,30,31);1-2H3. The van der Waals surface area contributed by atoms with Crippen molar-refractivity contribution in [1.29, 1.82) is 0 Å². The summed E-state index contributed by atoms with van der Waals surface area (Å²) in [6.45, 7) is 8.57. The highest BCUT2D eigenvalue weighted by Crippen LogP contribution is 2.33. The zero-order chi connectivity index (χ0) is 26.2. The molecular weight excluding hydrogens is 472 g/mol. The van der Waals surface area contributed by atoms with Crippen LogP contribution in [0.3, 0.4) is 0 Å². The molecule has 3 aliphatic heterocycles. The Morgan fingerprint density at radius 3 is 2.06 bits per heavy atom. The second kappa shape index (κ2) is 13.0. The third-order valence-corrected chi connectivity index (χ3v) is 6.81. The fourth-order valence-electron chi connectivity index (χ4n) is 4.97. The minimum Gasteiger partial charge on any atom is -0.450 e. The van der Waals surface area contributed by atoms with Crippen LogP contribution in [0.2, 0.25) is 0 Å². The van der Waals surface area contributed by atoms with Crippen molar-refractivity contribution in [3.05, 3.63) is 29.3 Å². The second-order valence-corrected chi connectivity index (χ2v) is 9.03. The van der Waals surface area contributed by atoms with Crippen molar-refractivity contribution in [2.24, 2.45) is 0 Å². The Labute approximate surface area is 211 Å². The van der Waals surface area contributed by atoms with Gasteiger partial charge in [-0.05, 0) is 51.2 Å². The van der Waals surface area contributed by atoms with Crippen LogP contribution in [0.25, 0.3) is 0 Å². The molecule has 4 rings (SSSR count). The highest BCUT2D eigenvalue weighted by atomic mass is 19.1. The molecule has 3 heterocycles. The molecule has 8 nitrogen and oxygen atoms in total. The summed E-state index contributed by atoms with van der Waals surface area (Å²) in [4.78, 5) is 38.8. The normalized spacial score (nSPS) is 21.5. The van der Waals surface area contributed by atoms with Gasteiger partial charge in [-0.2, -0.15) is 0 Å². The summed E-state index contributed by atoms with van der Waals surface area (Å²) in [5, 5.41) is 2.15. The van der Waals surface area contributed by atoms with Gasteiger partial charge in [0, 0.05) is 43.9 Å².